The minimum atomic E-state index is -1.36. The van der Waals surface area contributed by atoms with Gasteiger partial charge in [-0.2, -0.15) is 0 Å². The second kappa shape index (κ2) is 9.88. The molecular formula is C30H21Cl4NO5. The van der Waals surface area contributed by atoms with E-state index in [1.807, 2.05) is 48.5 Å². The highest BCUT2D eigenvalue weighted by Gasteiger charge is 2.73. The fourth-order valence-corrected chi connectivity index (χ4v) is 7.77. The second-order valence-corrected chi connectivity index (χ2v) is 12.1. The van der Waals surface area contributed by atoms with Crippen molar-refractivity contribution in [2.24, 2.45) is 11.8 Å². The van der Waals surface area contributed by atoms with Crippen LogP contribution in [0.3, 0.4) is 0 Å². The number of Topliss-reactive ketones (excluding diaryl/α,β-unsaturated/α-hetero) is 1. The fourth-order valence-electron chi connectivity index (χ4n) is 6.35. The summed E-state index contributed by atoms with van der Waals surface area (Å²) in [4.78, 5) is 52.1. The number of nitrogens with zero attached hydrogens (tertiary/aromatic N) is 1. The van der Waals surface area contributed by atoms with Gasteiger partial charge >= 0.3 is 5.97 Å². The van der Waals surface area contributed by atoms with Crippen LogP contribution in [0.2, 0.25) is 5.02 Å². The molecule has 0 unspecified atom stereocenters. The Kier molecular flexibility index (Phi) is 6.74. The van der Waals surface area contributed by atoms with Crippen molar-refractivity contribution >= 4 is 70.0 Å². The number of likely N-dealkylation sites (tertiary alicyclic amines) is 1. The summed E-state index contributed by atoms with van der Waals surface area (Å²) in [5.74, 6) is -4.66. The molecule has 0 saturated carbocycles. The number of rotatable bonds is 7. The summed E-state index contributed by atoms with van der Waals surface area (Å²) in [6, 6.07) is 20.7. The van der Waals surface area contributed by atoms with Crippen LogP contribution in [-0.4, -0.2) is 47.0 Å². The summed E-state index contributed by atoms with van der Waals surface area (Å²) in [6.07, 6.45) is -1.16. The summed E-state index contributed by atoms with van der Waals surface area (Å²) in [5, 5.41) is 0.447. The van der Waals surface area contributed by atoms with Crippen molar-refractivity contribution in [1.82, 2.24) is 4.90 Å². The quantitative estimate of drug-likeness (QED) is 0.148. The zero-order valence-electron chi connectivity index (χ0n) is 20.8. The van der Waals surface area contributed by atoms with Gasteiger partial charge in [0.2, 0.25) is 17.6 Å². The third-order valence-electron chi connectivity index (χ3n) is 8.03. The van der Waals surface area contributed by atoms with Crippen molar-refractivity contribution in [3.63, 3.8) is 0 Å². The molecular weight excluding hydrogens is 596 g/mol. The largest absolute Gasteiger partial charge is 0.453 e. The predicted molar refractivity (Wildman–Crippen MR) is 151 cm³/mol. The molecule has 3 atom stereocenters. The van der Waals surface area contributed by atoms with Crippen molar-refractivity contribution in [2.75, 3.05) is 12.4 Å². The van der Waals surface area contributed by atoms with Gasteiger partial charge in [-0.3, -0.25) is 24.1 Å². The topological polar surface area (TPSA) is 80.8 Å². The number of benzene rings is 3. The van der Waals surface area contributed by atoms with E-state index in [1.165, 1.54) is 12.1 Å². The molecule has 3 aromatic carbocycles. The Bertz CT molecular complexity index is 1450. The van der Waals surface area contributed by atoms with Crippen molar-refractivity contribution in [1.29, 1.82) is 0 Å². The number of hydrogen-bond donors (Lipinski definition) is 0. The maximum Gasteiger partial charge on any atom is 0.326 e. The number of amides is 2. The summed E-state index contributed by atoms with van der Waals surface area (Å²) < 4.78 is 5.47. The number of ether oxygens (including phenoxy) is 1. The lowest BCUT2D eigenvalue weighted by atomic mass is 9.54. The highest BCUT2D eigenvalue weighted by Crippen LogP contribution is 2.69. The summed E-state index contributed by atoms with van der Waals surface area (Å²) in [7, 11) is 0. The Morgan fingerprint density at radius 1 is 0.800 bits per heavy atom. The van der Waals surface area contributed by atoms with Crippen LogP contribution in [0.5, 0.6) is 0 Å². The number of halogens is 4. The van der Waals surface area contributed by atoms with Crippen LogP contribution in [-0.2, 0) is 28.9 Å². The lowest BCUT2D eigenvalue weighted by Gasteiger charge is -2.54. The van der Waals surface area contributed by atoms with Gasteiger partial charge in [-0.15, -0.1) is 34.8 Å². The zero-order valence-corrected chi connectivity index (χ0v) is 23.8. The molecule has 2 bridgehead atoms. The van der Waals surface area contributed by atoms with Crippen LogP contribution in [0, 0.1) is 11.8 Å². The number of esters is 1. The number of carbonyl (C=O) groups excluding carboxylic acids is 4. The monoisotopic (exact) mass is 615 g/mol. The molecule has 7 rings (SSSR count). The first-order chi connectivity index (χ1) is 19.1. The standard InChI is InChI=1S/C30H21Cl4NO5/c31-14-13-22(26(37)16-9-11-17(32)12-10-16)40-23(36)15-35-27(38)24-25(28(35)39)30(34)19-6-2-1-5-18(19)29(24,33)20-7-3-4-8-21(20)30/h1-12,22,24-25H,13-15H2/t22-,24+,25+,29?,30?/m1/s1. The second-order valence-electron chi connectivity index (χ2n) is 10.1. The van der Waals surface area contributed by atoms with Crippen LogP contribution in [0.15, 0.2) is 72.8 Å². The first kappa shape index (κ1) is 27.3. The van der Waals surface area contributed by atoms with Crippen LogP contribution < -0.4 is 0 Å². The van der Waals surface area contributed by atoms with Gasteiger partial charge < -0.3 is 4.74 Å². The number of ketones is 1. The molecule has 1 saturated heterocycles. The smallest absolute Gasteiger partial charge is 0.326 e. The van der Waals surface area contributed by atoms with E-state index in [2.05, 4.69) is 0 Å². The molecule has 1 fully saturated rings. The summed E-state index contributed by atoms with van der Waals surface area (Å²) in [6.45, 7) is -0.690. The molecule has 0 N–H and O–H groups in total. The molecule has 10 heteroatoms. The van der Waals surface area contributed by atoms with E-state index in [1.54, 1.807) is 12.1 Å². The minimum absolute atomic E-state index is 0.0437. The fraction of sp³-hybridized carbons (Fsp3) is 0.267. The molecule has 4 aliphatic rings. The third-order valence-corrected chi connectivity index (χ3v) is 9.78. The highest BCUT2D eigenvalue weighted by molar-refractivity contribution is 6.36. The van der Waals surface area contributed by atoms with E-state index in [0.717, 1.165) is 4.90 Å². The summed E-state index contributed by atoms with van der Waals surface area (Å²) in [5.41, 5.74) is 2.92. The molecule has 3 aliphatic carbocycles. The van der Waals surface area contributed by atoms with Gasteiger partial charge in [-0.05, 0) is 46.5 Å². The van der Waals surface area contributed by atoms with E-state index in [9.17, 15) is 19.2 Å². The van der Waals surface area contributed by atoms with E-state index in [0.29, 0.717) is 27.3 Å². The van der Waals surface area contributed by atoms with Crippen molar-refractivity contribution < 1.29 is 23.9 Å². The Hall–Kier alpha value is -2.90. The Labute approximate surface area is 250 Å². The van der Waals surface area contributed by atoms with Crippen molar-refractivity contribution in [2.45, 2.75) is 22.3 Å². The van der Waals surface area contributed by atoms with Crippen molar-refractivity contribution in [3.05, 3.63) is 106 Å². The van der Waals surface area contributed by atoms with Gasteiger partial charge in [0, 0.05) is 22.9 Å². The Morgan fingerprint density at radius 2 is 1.25 bits per heavy atom. The maximum absolute atomic E-state index is 13.9. The molecule has 0 aromatic heterocycles. The highest BCUT2D eigenvalue weighted by atomic mass is 35.5. The van der Waals surface area contributed by atoms with Gasteiger partial charge in [-0.1, -0.05) is 60.1 Å². The number of imide groups is 1. The minimum Gasteiger partial charge on any atom is -0.453 e. The van der Waals surface area contributed by atoms with Crippen LogP contribution in [0.4, 0.5) is 0 Å². The third kappa shape index (κ3) is 3.77. The van der Waals surface area contributed by atoms with E-state index >= 15 is 0 Å². The first-order valence-electron chi connectivity index (χ1n) is 12.6. The average Bonchev–Trinajstić information content (AvgIpc) is 3.21. The van der Waals surface area contributed by atoms with Gasteiger partial charge in [0.25, 0.3) is 0 Å². The maximum atomic E-state index is 13.9. The molecule has 204 valence electrons. The average molecular weight is 617 g/mol. The normalized spacial score (nSPS) is 26.6. The molecule has 3 aromatic rings. The van der Waals surface area contributed by atoms with E-state index in [4.69, 9.17) is 51.1 Å². The number of hydrogen-bond acceptors (Lipinski definition) is 5. The molecule has 6 nitrogen and oxygen atoms in total. The molecule has 40 heavy (non-hydrogen) atoms. The number of alkyl halides is 3. The van der Waals surface area contributed by atoms with Crippen LogP contribution in [0.1, 0.15) is 39.0 Å². The zero-order chi connectivity index (χ0) is 28.4. The molecule has 0 radical (unpaired) electrons. The first-order valence-corrected chi connectivity index (χ1v) is 14.3. The molecule has 1 aliphatic heterocycles. The molecule has 2 amide bonds. The van der Waals surface area contributed by atoms with Crippen LogP contribution >= 0.6 is 46.4 Å². The SMILES string of the molecule is O=C(CN1C(=O)[C@@H]2[C@@H](C1=O)C1(Cl)c3ccccc3C2(Cl)c2ccccc21)O[C@H](CCCl)C(=O)c1ccc(Cl)cc1. The lowest BCUT2D eigenvalue weighted by molar-refractivity contribution is -0.155. The predicted octanol–water partition coefficient (Wildman–Crippen LogP) is 5.66. The molecule has 1 heterocycles. The lowest BCUT2D eigenvalue weighted by Crippen LogP contribution is -2.57. The summed E-state index contributed by atoms with van der Waals surface area (Å²) >= 11 is 26.6. The van der Waals surface area contributed by atoms with Gasteiger partial charge in [0.05, 0.1) is 11.8 Å². The van der Waals surface area contributed by atoms with E-state index < -0.39 is 57.8 Å². The van der Waals surface area contributed by atoms with Crippen LogP contribution in [0.25, 0.3) is 0 Å². The van der Waals surface area contributed by atoms with Crippen molar-refractivity contribution in [3.8, 4) is 0 Å². The Balaban J connectivity index is 1.31. The van der Waals surface area contributed by atoms with Gasteiger partial charge in [0.15, 0.2) is 6.10 Å². The van der Waals surface area contributed by atoms with E-state index in [-0.39, 0.29) is 17.9 Å². The van der Waals surface area contributed by atoms with Gasteiger partial charge in [-0.25, -0.2) is 0 Å². The Morgan fingerprint density at radius 3 is 1.68 bits per heavy atom. The number of carbonyl (C=O) groups is 4. The molecule has 0 spiro atoms. The van der Waals surface area contributed by atoms with Gasteiger partial charge in [0.1, 0.15) is 16.3 Å².